The van der Waals surface area contributed by atoms with E-state index in [-0.39, 0.29) is 17.4 Å². The maximum Gasteiger partial charge on any atom is 0.240 e. The maximum atomic E-state index is 13.0. The molecule has 6 heteroatoms. The van der Waals surface area contributed by atoms with Gasteiger partial charge >= 0.3 is 0 Å². The molecule has 1 saturated carbocycles. The zero-order valence-corrected chi connectivity index (χ0v) is 12.3. The van der Waals surface area contributed by atoms with Gasteiger partial charge < -0.3 is 5.11 Å². The second-order valence-electron chi connectivity index (χ2n) is 5.37. The average molecular weight is 301 g/mol. The monoisotopic (exact) mass is 301 g/mol. The van der Waals surface area contributed by atoms with E-state index in [4.69, 9.17) is 0 Å². The third-order valence-corrected chi connectivity index (χ3v) is 5.44. The van der Waals surface area contributed by atoms with E-state index in [1.165, 1.54) is 12.1 Å². The fraction of sp³-hybridized carbons (Fsp3) is 0.571. The van der Waals surface area contributed by atoms with Crippen LogP contribution in [0.2, 0.25) is 0 Å². The molecule has 112 valence electrons. The lowest BCUT2D eigenvalue weighted by atomic mass is 10.0. The number of hydrogen-bond acceptors (Lipinski definition) is 3. The van der Waals surface area contributed by atoms with E-state index in [0.29, 0.717) is 5.56 Å². The lowest BCUT2D eigenvalue weighted by molar-refractivity contribution is 0.115. The molecule has 0 bridgehead atoms. The van der Waals surface area contributed by atoms with Gasteiger partial charge in [0, 0.05) is 6.54 Å². The van der Waals surface area contributed by atoms with Crippen LogP contribution < -0.4 is 4.72 Å². The maximum absolute atomic E-state index is 13.0. The zero-order valence-electron chi connectivity index (χ0n) is 11.5. The molecule has 1 atom stereocenters. The van der Waals surface area contributed by atoms with E-state index >= 15 is 0 Å². The Balaban J connectivity index is 2.03. The van der Waals surface area contributed by atoms with Crippen molar-refractivity contribution in [2.45, 2.75) is 43.6 Å². The number of aryl methyl sites for hydroxylation is 1. The first-order valence-electron chi connectivity index (χ1n) is 6.84. The summed E-state index contributed by atoms with van der Waals surface area (Å²) in [7, 11) is -3.71. The number of rotatable bonds is 5. The molecule has 0 radical (unpaired) electrons. The predicted molar refractivity (Wildman–Crippen MR) is 74.3 cm³/mol. The average Bonchev–Trinajstić information content (AvgIpc) is 2.89. The van der Waals surface area contributed by atoms with Gasteiger partial charge in [0.1, 0.15) is 5.82 Å². The molecular formula is C14H20FNO3S. The van der Waals surface area contributed by atoms with Crippen molar-refractivity contribution >= 4 is 10.0 Å². The van der Waals surface area contributed by atoms with E-state index in [1.54, 1.807) is 6.92 Å². The third-order valence-electron chi connectivity index (χ3n) is 3.85. The Morgan fingerprint density at radius 3 is 2.65 bits per heavy atom. The first-order chi connectivity index (χ1) is 9.40. The predicted octanol–water partition coefficient (Wildman–Crippen LogP) is 1.96. The molecule has 2 rings (SSSR count). The van der Waals surface area contributed by atoms with Crippen molar-refractivity contribution in [2.75, 3.05) is 6.54 Å². The summed E-state index contributed by atoms with van der Waals surface area (Å²) in [6.07, 6.45) is 3.40. The van der Waals surface area contributed by atoms with E-state index in [0.717, 1.165) is 31.7 Å². The molecule has 1 aromatic rings. The van der Waals surface area contributed by atoms with Crippen LogP contribution >= 0.6 is 0 Å². The number of hydrogen-bond donors (Lipinski definition) is 2. The molecule has 0 amide bonds. The van der Waals surface area contributed by atoms with Crippen molar-refractivity contribution in [1.82, 2.24) is 4.72 Å². The van der Waals surface area contributed by atoms with Crippen LogP contribution in [-0.2, 0) is 10.0 Å². The summed E-state index contributed by atoms with van der Waals surface area (Å²) in [5, 5.41) is 9.99. The van der Waals surface area contributed by atoms with E-state index < -0.39 is 21.9 Å². The van der Waals surface area contributed by atoms with Gasteiger partial charge in [-0.25, -0.2) is 17.5 Å². The molecule has 1 aliphatic carbocycles. The smallest absolute Gasteiger partial charge is 0.240 e. The quantitative estimate of drug-likeness (QED) is 0.874. The molecule has 4 nitrogen and oxygen atoms in total. The normalized spacial score (nSPS) is 18.4. The molecule has 1 fully saturated rings. The number of sulfonamides is 1. The standard InChI is InChI=1S/C14H20FNO3S/c1-10-8-12(15)6-7-14(10)20(18,19)16-9-13(17)11-4-2-3-5-11/h6-8,11,13,16-17H,2-5,9H2,1H3. The highest BCUT2D eigenvalue weighted by molar-refractivity contribution is 7.89. The Kier molecular flexibility index (Phi) is 4.78. The number of aliphatic hydroxyl groups excluding tert-OH is 1. The van der Waals surface area contributed by atoms with Crippen molar-refractivity contribution in [1.29, 1.82) is 0 Å². The lowest BCUT2D eigenvalue weighted by Gasteiger charge is -2.18. The summed E-state index contributed by atoms with van der Waals surface area (Å²) < 4.78 is 39.7. The Bertz CT molecular complexity index is 568. The van der Waals surface area contributed by atoms with Crippen LogP contribution in [0.3, 0.4) is 0 Å². The van der Waals surface area contributed by atoms with Crippen LogP contribution in [0.15, 0.2) is 23.1 Å². The largest absolute Gasteiger partial charge is 0.391 e. The van der Waals surface area contributed by atoms with Gasteiger partial charge in [0.15, 0.2) is 0 Å². The van der Waals surface area contributed by atoms with Crippen LogP contribution in [0.4, 0.5) is 4.39 Å². The number of nitrogens with one attached hydrogen (secondary N) is 1. The van der Waals surface area contributed by atoms with Gasteiger partial charge in [-0.1, -0.05) is 12.8 Å². The first-order valence-corrected chi connectivity index (χ1v) is 8.32. The summed E-state index contributed by atoms with van der Waals surface area (Å²) in [6.45, 7) is 1.55. The molecule has 1 aliphatic rings. The van der Waals surface area contributed by atoms with Gasteiger partial charge in [0.05, 0.1) is 11.0 Å². The van der Waals surface area contributed by atoms with Gasteiger partial charge in [-0.05, 0) is 49.4 Å². The van der Waals surface area contributed by atoms with Crippen molar-refractivity contribution in [3.63, 3.8) is 0 Å². The van der Waals surface area contributed by atoms with Gasteiger partial charge in [0.25, 0.3) is 0 Å². The molecule has 20 heavy (non-hydrogen) atoms. The molecule has 0 spiro atoms. The molecule has 0 aromatic heterocycles. The molecule has 0 saturated heterocycles. The summed E-state index contributed by atoms with van der Waals surface area (Å²) in [4.78, 5) is 0.0533. The van der Waals surface area contributed by atoms with Gasteiger partial charge in [0.2, 0.25) is 10.0 Å². The fourth-order valence-electron chi connectivity index (χ4n) is 2.70. The summed E-state index contributed by atoms with van der Waals surface area (Å²) in [6, 6.07) is 3.55. The van der Waals surface area contributed by atoms with Crippen molar-refractivity contribution in [2.24, 2.45) is 5.92 Å². The van der Waals surface area contributed by atoms with Crippen molar-refractivity contribution in [3.8, 4) is 0 Å². The Morgan fingerprint density at radius 2 is 2.05 bits per heavy atom. The molecule has 0 heterocycles. The zero-order chi connectivity index (χ0) is 14.8. The summed E-state index contributed by atoms with van der Waals surface area (Å²) in [5.41, 5.74) is 0.354. The van der Waals surface area contributed by atoms with E-state index in [1.807, 2.05) is 0 Å². The first kappa shape index (κ1) is 15.4. The summed E-state index contributed by atoms with van der Waals surface area (Å²) in [5.74, 6) is -0.292. The highest BCUT2D eigenvalue weighted by Crippen LogP contribution is 2.27. The molecule has 1 unspecified atom stereocenters. The van der Waals surface area contributed by atoms with Crippen molar-refractivity contribution < 1.29 is 17.9 Å². The second-order valence-corrected chi connectivity index (χ2v) is 7.11. The highest BCUT2D eigenvalue weighted by Gasteiger charge is 2.25. The van der Waals surface area contributed by atoms with Crippen LogP contribution in [-0.4, -0.2) is 26.2 Å². The Labute approximate surface area is 119 Å². The van der Waals surface area contributed by atoms with Crippen LogP contribution in [0.25, 0.3) is 0 Å². The highest BCUT2D eigenvalue weighted by atomic mass is 32.2. The van der Waals surface area contributed by atoms with E-state index in [9.17, 15) is 17.9 Å². The molecule has 1 aromatic carbocycles. The van der Waals surface area contributed by atoms with Gasteiger partial charge in [-0.15, -0.1) is 0 Å². The topological polar surface area (TPSA) is 66.4 Å². The fourth-order valence-corrected chi connectivity index (χ4v) is 3.97. The number of halogens is 1. The molecular weight excluding hydrogens is 281 g/mol. The number of benzene rings is 1. The van der Waals surface area contributed by atoms with Gasteiger partial charge in [-0.3, -0.25) is 0 Å². The number of aliphatic hydroxyl groups is 1. The third kappa shape index (κ3) is 3.56. The Morgan fingerprint density at radius 1 is 1.40 bits per heavy atom. The van der Waals surface area contributed by atoms with Crippen molar-refractivity contribution in [3.05, 3.63) is 29.6 Å². The SMILES string of the molecule is Cc1cc(F)ccc1S(=O)(=O)NCC(O)C1CCCC1. The van der Waals surface area contributed by atoms with Crippen LogP contribution in [0.1, 0.15) is 31.2 Å². The van der Waals surface area contributed by atoms with Crippen LogP contribution in [0.5, 0.6) is 0 Å². The lowest BCUT2D eigenvalue weighted by Crippen LogP contribution is -2.35. The second kappa shape index (κ2) is 6.20. The molecule has 0 aliphatic heterocycles. The van der Waals surface area contributed by atoms with Crippen LogP contribution in [0, 0.1) is 18.7 Å². The molecule has 2 N–H and O–H groups in total. The summed E-state index contributed by atoms with van der Waals surface area (Å²) >= 11 is 0. The minimum absolute atomic E-state index is 0.00379. The van der Waals surface area contributed by atoms with E-state index in [2.05, 4.69) is 4.72 Å². The minimum atomic E-state index is -3.71. The van der Waals surface area contributed by atoms with Gasteiger partial charge in [-0.2, -0.15) is 0 Å². The Hall–Kier alpha value is -0.980. The minimum Gasteiger partial charge on any atom is -0.391 e.